The van der Waals surface area contributed by atoms with Crippen LogP contribution in [0.5, 0.6) is 0 Å². The topological polar surface area (TPSA) is 57.2 Å². The zero-order chi connectivity index (χ0) is 24.2. The highest BCUT2D eigenvalue weighted by molar-refractivity contribution is 5.95. The molecule has 0 radical (unpaired) electrons. The standard InChI is InChI=1S/C29H34N6/c1-4-34(5-2)14-12-31-26-9-8-22-10-13-35(19-25(22)16-26)29-27-17-24(23-7-6-11-30-18-23)15-21(3)28(27)32-20-33-29/h6-9,11,15-18,20,31H,4-5,10,12-14,19H2,1-3H3. The third kappa shape index (κ3) is 4.98. The van der Waals surface area contributed by atoms with Crippen molar-refractivity contribution in [3.8, 4) is 11.1 Å². The second kappa shape index (κ2) is 10.4. The SMILES string of the molecule is CCN(CC)CCNc1ccc2c(c1)CN(c1ncnc3c(C)cc(-c4cccnc4)cc13)CC2. The lowest BCUT2D eigenvalue weighted by atomic mass is 9.97. The smallest absolute Gasteiger partial charge is 0.140 e. The molecule has 0 amide bonds. The molecule has 1 aliphatic rings. The Morgan fingerprint density at radius 3 is 2.69 bits per heavy atom. The number of rotatable bonds is 8. The van der Waals surface area contributed by atoms with Crippen molar-refractivity contribution >= 4 is 22.4 Å². The average molecular weight is 467 g/mol. The van der Waals surface area contributed by atoms with Gasteiger partial charge in [0.05, 0.1) is 5.52 Å². The molecular weight excluding hydrogens is 432 g/mol. The summed E-state index contributed by atoms with van der Waals surface area (Å²) in [6, 6.07) is 15.3. The van der Waals surface area contributed by atoms with Gasteiger partial charge < -0.3 is 15.1 Å². The lowest BCUT2D eigenvalue weighted by molar-refractivity contribution is 0.316. The minimum absolute atomic E-state index is 0.850. The Labute approximate surface area is 208 Å². The lowest BCUT2D eigenvalue weighted by Gasteiger charge is -2.31. The van der Waals surface area contributed by atoms with Crippen molar-refractivity contribution < 1.29 is 0 Å². The van der Waals surface area contributed by atoms with E-state index in [1.807, 2.05) is 18.5 Å². The molecule has 2 aromatic carbocycles. The second-order valence-electron chi connectivity index (χ2n) is 9.24. The zero-order valence-electron chi connectivity index (χ0n) is 21.0. The Balaban J connectivity index is 1.41. The van der Waals surface area contributed by atoms with Gasteiger partial charge in [-0.2, -0.15) is 0 Å². The van der Waals surface area contributed by atoms with E-state index in [-0.39, 0.29) is 0 Å². The van der Waals surface area contributed by atoms with E-state index in [0.29, 0.717) is 0 Å². The van der Waals surface area contributed by atoms with Gasteiger partial charge in [-0.1, -0.05) is 26.0 Å². The first-order valence-corrected chi connectivity index (χ1v) is 12.6. The first kappa shape index (κ1) is 23.2. The molecule has 0 fully saturated rings. The van der Waals surface area contributed by atoms with Crippen LogP contribution in [0, 0.1) is 6.92 Å². The number of nitrogens with zero attached hydrogens (tertiary/aromatic N) is 5. The van der Waals surface area contributed by atoms with Crippen LogP contribution in [0.4, 0.5) is 11.5 Å². The zero-order valence-corrected chi connectivity index (χ0v) is 21.0. The van der Waals surface area contributed by atoms with E-state index in [0.717, 1.165) is 79.1 Å². The van der Waals surface area contributed by atoms with Crippen LogP contribution in [0.3, 0.4) is 0 Å². The van der Waals surface area contributed by atoms with E-state index < -0.39 is 0 Å². The van der Waals surface area contributed by atoms with Crippen LogP contribution >= 0.6 is 0 Å². The van der Waals surface area contributed by atoms with Gasteiger partial charge >= 0.3 is 0 Å². The second-order valence-corrected chi connectivity index (χ2v) is 9.24. The Kier molecular flexibility index (Phi) is 6.91. The first-order chi connectivity index (χ1) is 17.2. The Hall–Kier alpha value is -3.51. The van der Waals surface area contributed by atoms with Gasteiger partial charge in [0, 0.05) is 55.2 Å². The molecule has 6 nitrogen and oxygen atoms in total. The number of pyridine rings is 1. The summed E-state index contributed by atoms with van der Waals surface area (Å²) in [4.78, 5) is 18.5. The molecule has 0 bridgehead atoms. The maximum atomic E-state index is 4.77. The van der Waals surface area contributed by atoms with Crippen molar-refractivity contribution in [3.63, 3.8) is 0 Å². The fourth-order valence-corrected chi connectivity index (χ4v) is 5.03. The highest BCUT2D eigenvalue weighted by Crippen LogP contribution is 2.33. The molecule has 3 heterocycles. The number of anilines is 2. The van der Waals surface area contributed by atoms with E-state index in [1.165, 1.54) is 16.8 Å². The molecule has 0 unspecified atom stereocenters. The van der Waals surface area contributed by atoms with Crippen LogP contribution in [0.15, 0.2) is 61.2 Å². The fraction of sp³-hybridized carbons (Fsp3) is 0.345. The summed E-state index contributed by atoms with van der Waals surface area (Å²) in [5, 5.41) is 4.72. The molecule has 5 rings (SSSR count). The normalized spacial score (nSPS) is 13.3. The highest BCUT2D eigenvalue weighted by Gasteiger charge is 2.21. The van der Waals surface area contributed by atoms with E-state index >= 15 is 0 Å². The predicted molar refractivity (Wildman–Crippen MR) is 145 cm³/mol. The van der Waals surface area contributed by atoms with Gasteiger partial charge in [-0.25, -0.2) is 9.97 Å². The summed E-state index contributed by atoms with van der Waals surface area (Å²) in [6.45, 7) is 12.6. The molecule has 1 N–H and O–H groups in total. The summed E-state index contributed by atoms with van der Waals surface area (Å²) < 4.78 is 0. The fourth-order valence-electron chi connectivity index (χ4n) is 5.03. The Bertz CT molecular complexity index is 1300. The van der Waals surface area contributed by atoms with E-state index in [9.17, 15) is 0 Å². The van der Waals surface area contributed by atoms with Crippen molar-refractivity contribution in [3.05, 3.63) is 77.9 Å². The summed E-state index contributed by atoms with van der Waals surface area (Å²) in [5.74, 6) is 1.01. The lowest BCUT2D eigenvalue weighted by Crippen LogP contribution is -2.31. The minimum atomic E-state index is 0.850. The highest BCUT2D eigenvalue weighted by atomic mass is 15.2. The molecule has 0 spiro atoms. The molecular formula is C29H34N6. The third-order valence-corrected chi connectivity index (χ3v) is 7.07. The van der Waals surface area contributed by atoms with Crippen LogP contribution in [-0.2, 0) is 13.0 Å². The number of benzene rings is 2. The predicted octanol–water partition coefficient (Wildman–Crippen LogP) is 5.32. The van der Waals surface area contributed by atoms with E-state index in [1.54, 1.807) is 6.33 Å². The van der Waals surface area contributed by atoms with Gasteiger partial charge in [-0.3, -0.25) is 4.98 Å². The molecule has 0 saturated carbocycles. The molecule has 0 atom stereocenters. The molecule has 0 aliphatic carbocycles. The molecule has 6 heteroatoms. The summed E-state index contributed by atoms with van der Waals surface area (Å²) in [7, 11) is 0. The van der Waals surface area contributed by atoms with Gasteiger partial charge in [-0.05, 0) is 79.0 Å². The van der Waals surface area contributed by atoms with Gasteiger partial charge in [0.15, 0.2) is 0 Å². The number of hydrogen-bond donors (Lipinski definition) is 1. The summed E-state index contributed by atoms with van der Waals surface area (Å²) in [6.07, 6.45) is 6.44. The summed E-state index contributed by atoms with van der Waals surface area (Å²) in [5.41, 5.74) is 8.42. The first-order valence-electron chi connectivity index (χ1n) is 12.6. The van der Waals surface area contributed by atoms with Crippen molar-refractivity contribution in [2.24, 2.45) is 0 Å². The van der Waals surface area contributed by atoms with Crippen molar-refractivity contribution in [1.29, 1.82) is 0 Å². The van der Waals surface area contributed by atoms with Crippen LogP contribution in [-0.4, -0.2) is 52.6 Å². The van der Waals surface area contributed by atoms with E-state index in [2.05, 4.69) is 82.3 Å². The molecule has 180 valence electrons. The Morgan fingerprint density at radius 2 is 1.89 bits per heavy atom. The number of fused-ring (bicyclic) bond motifs is 2. The molecule has 2 aromatic heterocycles. The number of aromatic nitrogens is 3. The van der Waals surface area contributed by atoms with Crippen LogP contribution in [0.25, 0.3) is 22.0 Å². The number of likely N-dealkylation sites (N-methyl/N-ethyl adjacent to an activating group) is 1. The average Bonchev–Trinajstić information content (AvgIpc) is 2.91. The van der Waals surface area contributed by atoms with Crippen molar-refractivity contribution in [2.45, 2.75) is 33.7 Å². The summed E-state index contributed by atoms with van der Waals surface area (Å²) >= 11 is 0. The van der Waals surface area contributed by atoms with Gasteiger partial charge in [0.25, 0.3) is 0 Å². The quantitative estimate of drug-likeness (QED) is 0.379. The largest absolute Gasteiger partial charge is 0.384 e. The molecule has 0 saturated heterocycles. The number of hydrogen-bond acceptors (Lipinski definition) is 6. The third-order valence-electron chi connectivity index (χ3n) is 7.07. The van der Waals surface area contributed by atoms with Crippen LogP contribution < -0.4 is 10.2 Å². The van der Waals surface area contributed by atoms with Crippen molar-refractivity contribution in [1.82, 2.24) is 19.9 Å². The Morgan fingerprint density at radius 1 is 1.00 bits per heavy atom. The monoisotopic (exact) mass is 466 g/mol. The van der Waals surface area contributed by atoms with E-state index in [4.69, 9.17) is 4.98 Å². The molecule has 35 heavy (non-hydrogen) atoms. The van der Waals surface area contributed by atoms with Crippen LogP contribution in [0.2, 0.25) is 0 Å². The number of aryl methyl sites for hydroxylation is 1. The van der Waals surface area contributed by atoms with Crippen molar-refractivity contribution in [2.75, 3.05) is 42.9 Å². The number of nitrogens with one attached hydrogen (secondary N) is 1. The van der Waals surface area contributed by atoms with Gasteiger partial charge in [0.1, 0.15) is 12.1 Å². The minimum Gasteiger partial charge on any atom is -0.384 e. The molecule has 1 aliphatic heterocycles. The maximum Gasteiger partial charge on any atom is 0.140 e. The van der Waals surface area contributed by atoms with Crippen LogP contribution in [0.1, 0.15) is 30.5 Å². The molecule has 4 aromatic rings. The maximum absolute atomic E-state index is 4.77. The van der Waals surface area contributed by atoms with Gasteiger partial charge in [0.2, 0.25) is 0 Å². The van der Waals surface area contributed by atoms with Gasteiger partial charge in [-0.15, -0.1) is 0 Å².